The second kappa shape index (κ2) is 15.0. The number of benzene rings is 3. The zero-order chi connectivity index (χ0) is 24.7. The van der Waals surface area contributed by atoms with Crippen molar-refractivity contribution in [3.8, 4) is 11.5 Å². The molecular weight excluding hydrogens is 432 g/mol. The van der Waals surface area contributed by atoms with E-state index >= 15 is 0 Å². The number of nitrogens with two attached hydrogens (primary N) is 1. The zero-order valence-corrected chi connectivity index (χ0v) is 21.0. The van der Waals surface area contributed by atoms with Crippen LogP contribution in [0.4, 0.5) is 0 Å². The summed E-state index contributed by atoms with van der Waals surface area (Å²) < 4.78 is 5.40. The van der Waals surface area contributed by atoms with E-state index in [9.17, 15) is 5.11 Å². The molecule has 0 atom stereocenters. The van der Waals surface area contributed by atoms with Gasteiger partial charge in [-0.1, -0.05) is 80.3 Å². The summed E-state index contributed by atoms with van der Waals surface area (Å²) in [5.41, 5.74) is 11.6. The normalized spacial score (nSPS) is 11.8. The van der Waals surface area contributed by atoms with Crippen LogP contribution in [0.15, 0.2) is 78.9 Å². The lowest BCUT2D eigenvalue weighted by atomic mass is 9.86. The van der Waals surface area contributed by atoms with Crippen molar-refractivity contribution >= 4 is 11.1 Å². The minimum Gasteiger partial charge on any atom is -0.508 e. The van der Waals surface area contributed by atoms with Gasteiger partial charge < -0.3 is 20.9 Å². The molecule has 4 N–H and O–H groups in total. The maximum absolute atomic E-state index is 9.90. The van der Waals surface area contributed by atoms with Gasteiger partial charge in [0, 0.05) is 13.1 Å². The Balaban J connectivity index is 1.79. The van der Waals surface area contributed by atoms with Gasteiger partial charge in [-0.3, -0.25) is 0 Å². The van der Waals surface area contributed by atoms with E-state index in [-0.39, 0.29) is 5.75 Å². The molecule has 0 aliphatic carbocycles. The molecule has 3 aromatic carbocycles. The van der Waals surface area contributed by atoms with Gasteiger partial charge in [0.1, 0.15) is 11.5 Å². The summed E-state index contributed by atoms with van der Waals surface area (Å²) in [5, 5.41) is 13.3. The standard InChI is InChI=1S/C31H40N2O2/c1-35-29-20-16-27(17-21-29)31(26-14-18-28(34)19-15-26)30(25-11-7-6-8-12-25)13-9-4-2-3-5-10-23-33-24-22-32/h6-8,11-12,14-21,33-34H,2-5,9-10,13,22-24,32H2,1H3/b31-30-. The molecule has 0 saturated heterocycles. The van der Waals surface area contributed by atoms with Gasteiger partial charge in [0.15, 0.2) is 0 Å². The third kappa shape index (κ3) is 8.57. The van der Waals surface area contributed by atoms with Crippen LogP contribution in [0.2, 0.25) is 0 Å². The quantitative estimate of drug-likeness (QED) is 0.171. The van der Waals surface area contributed by atoms with E-state index in [2.05, 4.69) is 47.8 Å². The Morgan fingerprint density at radius 1 is 0.714 bits per heavy atom. The summed E-state index contributed by atoms with van der Waals surface area (Å²) in [4.78, 5) is 0. The third-order valence-corrected chi connectivity index (χ3v) is 6.31. The van der Waals surface area contributed by atoms with Crippen LogP contribution in [0.3, 0.4) is 0 Å². The summed E-state index contributed by atoms with van der Waals surface area (Å²) in [6.07, 6.45) is 8.39. The largest absolute Gasteiger partial charge is 0.508 e. The molecule has 4 nitrogen and oxygen atoms in total. The highest BCUT2D eigenvalue weighted by Crippen LogP contribution is 2.36. The van der Waals surface area contributed by atoms with Crippen LogP contribution >= 0.6 is 0 Å². The van der Waals surface area contributed by atoms with Crippen molar-refractivity contribution in [1.29, 1.82) is 0 Å². The van der Waals surface area contributed by atoms with Gasteiger partial charge in [-0.05, 0) is 77.9 Å². The second-order valence-electron chi connectivity index (χ2n) is 8.90. The number of hydrogen-bond acceptors (Lipinski definition) is 4. The molecule has 0 heterocycles. The lowest BCUT2D eigenvalue weighted by Gasteiger charge is -2.18. The smallest absolute Gasteiger partial charge is 0.118 e. The highest BCUT2D eigenvalue weighted by molar-refractivity contribution is 5.98. The minimum absolute atomic E-state index is 0.280. The lowest BCUT2D eigenvalue weighted by molar-refractivity contribution is 0.415. The molecule has 3 rings (SSSR count). The average Bonchev–Trinajstić information content (AvgIpc) is 2.90. The van der Waals surface area contributed by atoms with Crippen molar-refractivity contribution in [2.75, 3.05) is 26.7 Å². The molecule has 0 radical (unpaired) electrons. The monoisotopic (exact) mass is 472 g/mol. The number of ether oxygens (including phenoxy) is 1. The Morgan fingerprint density at radius 3 is 1.94 bits per heavy atom. The van der Waals surface area contributed by atoms with E-state index < -0.39 is 0 Å². The number of phenols is 1. The lowest BCUT2D eigenvalue weighted by Crippen LogP contribution is -2.23. The van der Waals surface area contributed by atoms with Gasteiger partial charge >= 0.3 is 0 Å². The SMILES string of the molecule is COc1ccc(/C(=C(/CCCCCCCCNCCN)c2ccccc2)c2ccc(O)cc2)cc1. The summed E-state index contributed by atoms with van der Waals surface area (Å²) in [6.45, 7) is 2.68. The van der Waals surface area contributed by atoms with Crippen LogP contribution in [-0.4, -0.2) is 31.9 Å². The second-order valence-corrected chi connectivity index (χ2v) is 8.90. The number of methoxy groups -OCH3 is 1. The first-order valence-electron chi connectivity index (χ1n) is 12.9. The first-order chi connectivity index (χ1) is 17.2. The van der Waals surface area contributed by atoms with Crippen molar-refractivity contribution in [1.82, 2.24) is 5.32 Å². The number of allylic oxidation sites excluding steroid dienone is 1. The Morgan fingerprint density at radius 2 is 1.31 bits per heavy atom. The summed E-state index contributed by atoms with van der Waals surface area (Å²) in [5.74, 6) is 1.13. The summed E-state index contributed by atoms with van der Waals surface area (Å²) in [6, 6.07) is 26.5. The third-order valence-electron chi connectivity index (χ3n) is 6.31. The molecule has 4 heteroatoms. The van der Waals surface area contributed by atoms with E-state index in [0.717, 1.165) is 42.8 Å². The minimum atomic E-state index is 0.280. The molecule has 3 aromatic rings. The zero-order valence-electron chi connectivity index (χ0n) is 21.0. The summed E-state index contributed by atoms with van der Waals surface area (Å²) >= 11 is 0. The molecule has 35 heavy (non-hydrogen) atoms. The van der Waals surface area contributed by atoms with Crippen molar-refractivity contribution in [2.45, 2.75) is 44.9 Å². The molecule has 0 aromatic heterocycles. The predicted octanol–water partition coefficient (Wildman–Crippen LogP) is 6.64. The molecular formula is C31H40N2O2. The molecule has 0 fully saturated rings. The van der Waals surface area contributed by atoms with Gasteiger partial charge in [0.2, 0.25) is 0 Å². The van der Waals surface area contributed by atoms with E-state index in [4.69, 9.17) is 10.5 Å². The summed E-state index contributed by atoms with van der Waals surface area (Å²) in [7, 11) is 1.69. The number of nitrogens with one attached hydrogen (secondary N) is 1. The maximum atomic E-state index is 9.90. The Kier molecular flexibility index (Phi) is 11.4. The fraction of sp³-hybridized carbons (Fsp3) is 0.355. The van der Waals surface area contributed by atoms with E-state index in [1.807, 2.05) is 24.3 Å². The molecule has 0 unspecified atom stereocenters. The topological polar surface area (TPSA) is 67.5 Å². The van der Waals surface area contributed by atoms with Crippen molar-refractivity contribution < 1.29 is 9.84 Å². The predicted molar refractivity (Wildman–Crippen MR) is 148 cm³/mol. The van der Waals surface area contributed by atoms with Crippen molar-refractivity contribution in [3.05, 3.63) is 95.6 Å². The number of rotatable bonds is 15. The van der Waals surface area contributed by atoms with Crippen LogP contribution < -0.4 is 15.8 Å². The van der Waals surface area contributed by atoms with Gasteiger partial charge in [-0.15, -0.1) is 0 Å². The number of hydrogen-bond donors (Lipinski definition) is 3. The fourth-order valence-corrected chi connectivity index (χ4v) is 4.44. The average molecular weight is 473 g/mol. The van der Waals surface area contributed by atoms with Crippen LogP contribution in [0.5, 0.6) is 11.5 Å². The van der Waals surface area contributed by atoms with Crippen molar-refractivity contribution in [2.24, 2.45) is 5.73 Å². The van der Waals surface area contributed by atoms with Gasteiger partial charge in [0.25, 0.3) is 0 Å². The fourth-order valence-electron chi connectivity index (χ4n) is 4.44. The number of phenolic OH excluding ortho intramolecular Hbond substituents is 1. The van der Waals surface area contributed by atoms with E-state index in [1.54, 1.807) is 19.2 Å². The van der Waals surface area contributed by atoms with Crippen LogP contribution in [0, 0.1) is 0 Å². The van der Waals surface area contributed by atoms with Crippen molar-refractivity contribution in [3.63, 3.8) is 0 Å². The molecule has 0 spiro atoms. The Labute approximate surface area is 210 Å². The van der Waals surface area contributed by atoms with Crippen LogP contribution in [0.25, 0.3) is 11.1 Å². The molecule has 0 bridgehead atoms. The van der Waals surface area contributed by atoms with Crippen LogP contribution in [0.1, 0.15) is 61.6 Å². The van der Waals surface area contributed by atoms with Gasteiger partial charge in [-0.25, -0.2) is 0 Å². The molecule has 0 saturated carbocycles. The Hall–Kier alpha value is -3.08. The molecule has 186 valence electrons. The van der Waals surface area contributed by atoms with Gasteiger partial charge in [-0.2, -0.15) is 0 Å². The highest BCUT2D eigenvalue weighted by Gasteiger charge is 2.14. The molecule has 0 amide bonds. The number of aromatic hydroxyl groups is 1. The molecule has 0 aliphatic rings. The van der Waals surface area contributed by atoms with E-state index in [0.29, 0.717) is 6.54 Å². The maximum Gasteiger partial charge on any atom is 0.118 e. The first-order valence-corrected chi connectivity index (χ1v) is 12.9. The molecule has 0 aliphatic heterocycles. The first kappa shape index (κ1) is 26.5. The van der Waals surface area contributed by atoms with Crippen LogP contribution in [-0.2, 0) is 0 Å². The Bertz CT molecular complexity index is 1010. The highest BCUT2D eigenvalue weighted by atomic mass is 16.5. The van der Waals surface area contributed by atoms with Gasteiger partial charge in [0.05, 0.1) is 7.11 Å². The van der Waals surface area contributed by atoms with E-state index in [1.165, 1.54) is 48.8 Å². The number of unbranched alkanes of at least 4 members (excludes halogenated alkanes) is 5.